The summed E-state index contributed by atoms with van der Waals surface area (Å²) in [5.74, 6) is 0. The smallest absolute Gasteiger partial charge is 0.0361 e. The third kappa shape index (κ3) is 3.96. The van der Waals surface area contributed by atoms with Gasteiger partial charge in [0.25, 0.3) is 0 Å². The zero-order chi connectivity index (χ0) is 15.4. The molecule has 0 aromatic heterocycles. The molecule has 0 fully saturated rings. The Bertz CT molecular complexity index is 599. The van der Waals surface area contributed by atoms with E-state index in [0.717, 1.165) is 13.0 Å². The molecule has 0 saturated carbocycles. The standard InChI is InChI=1S/C19H24BrN/c1-5-21-19(16-9-10-18(20)15(4)11-16)12-17-13(2)7-6-8-14(17)3/h6-11,19,21H,5,12H2,1-4H3. The topological polar surface area (TPSA) is 12.0 Å². The second-order valence-corrected chi connectivity index (χ2v) is 6.55. The molecule has 0 heterocycles. The van der Waals surface area contributed by atoms with Crippen LogP contribution in [0.3, 0.4) is 0 Å². The number of aryl methyl sites for hydroxylation is 3. The van der Waals surface area contributed by atoms with E-state index >= 15 is 0 Å². The molecule has 0 aliphatic rings. The molecule has 2 heteroatoms. The number of benzene rings is 2. The fourth-order valence-electron chi connectivity index (χ4n) is 2.81. The van der Waals surface area contributed by atoms with Crippen LogP contribution in [0.2, 0.25) is 0 Å². The van der Waals surface area contributed by atoms with Gasteiger partial charge in [-0.15, -0.1) is 0 Å². The van der Waals surface area contributed by atoms with Crippen LogP contribution < -0.4 is 5.32 Å². The van der Waals surface area contributed by atoms with Crippen LogP contribution in [0.5, 0.6) is 0 Å². The molecule has 2 aromatic carbocycles. The number of hydrogen-bond acceptors (Lipinski definition) is 1. The number of rotatable bonds is 5. The highest BCUT2D eigenvalue weighted by Gasteiger charge is 2.14. The summed E-state index contributed by atoms with van der Waals surface area (Å²) in [5.41, 5.74) is 6.87. The summed E-state index contributed by atoms with van der Waals surface area (Å²) in [6.07, 6.45) is 1.04. The summed E-state index contributed by atoms with van der Waals surface area (Å²) < 4.78 is 1.17. The predicted octanol–water partition coefficient (Wildman–Crippen LogP) is 5.27. The Hall–Kier alpha value is -1.12. The molecule has 0 radical (unpaired) electrons. The van der Waals surface area contributed by atoms with Crippen LogP contribution in [0.4, 0.5) is 0 Å². The van der Waals surface area contributed by atoms with E-state index in [2.05, 4.69) is 85.3 Å². The van der Waals surface area contributed by atoms with Crippen LogP contribution in [-0.4, -0.2) is 6.54 Å². The van der Waals surface area contributed by atoms with Gasteiger partial charge >= 0.3 is 0 Å². The van der Waals surface area contributed by atoms with E-state index in [1.165, 1.54) is 32.3 Å². The Kier molecular flexibility index (Phi) is 5.60. The average molecular weight is 346 g/mol. The molecule has 1 N–H and O–H groups in total. The molecular weight excluding hydrogens is 322 g/mol. The van der Waals surface area contributed by atoms with Gasteiger partial charge in [-0.05, 0) is 67.6 Å². The molecular formula is C19H24BrN. The van der Waals surface area contributed by atoms with E-state index in [1.54, 1.807) is 0 Å². The van der Waals surface area contributed by atoms with Crippen molar-refractivity contribution in [1.82, 2.24) is 5.32 Å². The van der Waals surface area contributed by atoms with Crippen LogP contribution in [-0.2, 0) is 6.42 Å². The van der Waals surface area contributed by atoms with Crippen molar-refractivity contribution in [1.29, 1.82) is 0 Å². The molecule has 0 spiro atoms. The molecule has 21 heavy (non-hydrogen) atoms. The van der Waals surface area contributed by atoms with Gasteiger partial charge in [0.2, 0.25) is 0 Å². The molecule has 1 atom stereocenters. The van der Waals surface area contributed by atoms with Crippen molar-refractivity contribution in [3.8, 4) is 0 Å². The van der Waals surface area contributed by atoms with Gasteiger partial charge in [0.15, 0.2) is 0 Å². The highest BCUT2D eigenvalue weighted by atomic mass is 79.9. The lowest BCUT2D eigenvalue weighted by Crippen LogP contribution is -2.23. The van der Waals surface area contributed by atoms with Crippen molar-refractivity contribution in [2.75, 3.05) is 6.54 Å². The summed E-state index contributed by atoms with van der Waals surface area (Å²) in [4.78, 5) is 0. The zero-order valence-corrected chi connectivity index (χ0v) is 14.9. The van der Waals surface area contributed by atoms with Crippen molar-refractivity contribution >= 4 is 15.9 Å². The Morgan fingerprint density at radius 2 is 1.67 bits per heavy atom. The number of halogens is 1. The first kappa shape index (κ1) is 16.3. The fourth-order valence-corrected chi connectivity index (χ4v) is 3.06. The highest BCUT2D eigenvalue weighted by molar-refractivity contribution is 9.10. The third-order valence-corrected chi connectivity index (χ3v) is 4.98. The first-order valence-corrected chi connectivity index (χ1v) is 8.36. The van der Waals surface area contributed by atoms with E-state index in [4.69, 9.17) is 0 Å². The van der Waals surface area contributed by atoms with E-state index in [9.17, 15) is 0 Å². The maximum atomic E-state index is 3.63. The van der Waals surface area contributed by atoms with Gasteiger partial charge in [-0.1, -0.05) is 53.2 Å². The van der Waals surface area contributed by atoms with E-state index < -0.39 is 0 Å². The lowest BCUT2D eigenvalue weighted by molar-refractivity contribution is 0.547. The lowest BCUT2D eigenvalue weighted by Gasteiger charge is -2.21. The van der Waals surface area contributed by atoms with Crippen molar-refractivity contribution in [2.24, 2.45) is 0 Å². The van der Waals surface area contributed by atoms with Crippen molar-refractivity contribution in [3.05, 3.63) is 68.7 Å². The number of nitrogens with one attached hydrogen (secondary N) is 1. The first-order chi connectivity index (χ1) is 10.0. The van der Waals surface area contributed by atoms with Crippen LogP contribution in [0.1, 0.15) is 40.8 Å². The SMILES string of the molecule is CCNC(Cc1c(C)cccc1C)c1ccc(Br)c(C)c1. The molecule has 0 saturated heterocycles. The minimum Gasteiger partial charge on any atom is -0.310 e. The summed E-state index contributed by atoms with van der Waals surface area (Å²) in [6, 6.07) is 13.6. The maximum Gasteiger partial charge on any atom is 0.0361 e. The van der Waals surface area contributed by atoms with Crippen LogP contribution in [0.25, 0.3) is 0 Å². The van der Waals surface area contributed by atoms with Gasteiger partial charge in [0, 0.05) is 10.5 Å². The quantitative estimate of drug-likeness (QED) is 0.778. The van der Waals surface area contributed by atoms with Gasteiger partial charge in [0.1, 0.15) is 0 Å². The summed E-state index contributed by atoms with van der Waals surface area (Å²) in [7, 11) is 0. The summed E-state index contributed by atoms with van der Waals surface area (Å²) >= 11 is 3.59. The van der Waals surface area contributed by atoms with Crippen LogP contribution in [0, 0.1) is 20.8 Å². The molecule has 112 valence electrons. The van der Waals surface area contributed by atoms with Gasteiger partial charge in [-0.25, -0.2) is 0 Å². The lowest BCUT2D eigenvalue weighted by atomic mass is 9.92. The second-order valence-electron chi connectivity index (χ2n) is 5.69. The minimum absolute atomic E-state index is 0.363. The molecule has 1 unspecified atom stereocenters. The normalized spacial score (nSPS) is 12.4. The Morgan fingerprint density at radius 1 is 1.00 bits per heavy atom. The summed E-state index contributed by atoms with van der Waals surface area (Å²) in [6.45, 7) is 9.71. The minimum atomic E-state index is 0.363. The fraction of sp³-hybridized carbons (Fsp3) is 0.368. The van der Waals surface area contributed by atoms with Gasteiger partial charge < -0.3 is 5.32 Å². The van der Waals surface area contributed by atoms with Crippen LogP contribution in [0.15, 0.2) is 40.9 Å². The maximum absolute atomic E-state index is 3.63. The van der Waals surface area contributed by atoms with Crippen molar-refractivity contribution < 1.29 is 0 Å². The van der Waals surface area contributed by atoms with Crippen molar-refractivity contribution in [2.45, 2.75) is 40.2 Å². The largest absolute Gasteiger partial charge is 0.310 e. The van der Waals surface area contributed by atoms with Gasteiger partial charge in [-0.2, -0.15) is 0 Å². The number of likely N-dealkylation sites (N-methyl/N-ethyl adjacent to an activating group) is 1. The molecule has 2 aromatic rings. The van der Waals surface area contributed by atoms with E-state index in [1.807, 2.05) is 0 Å². The molecule has 1 nitrogen and oxygen atoms in total. The van der Waals surface area contributed by atoms with Gasteiger partial charge in [-0.3, -0.25) is 0 Å². The van der Waals surface area contributed by atoms with Crippen LogP contribution >= 0.6 is 15.9 Å². The molecule has 0 aliphatic heterocycles. The molecule has 2 rings (SSSR count). The third-order valence-electron chi connectivity index (χ3n) is 4.09. The second kappa shape index (κ2) is 7.24. The van der Waals surface area contributed by atoms with Crippen molar-refractivity contribution in [3.63, 3.8) is 0 Å². The Morgan fingerprint density at radius 3 is 2.24 bits per heavy atom. The van der Waals surface area contributed by atoms with E-state index in [-0.39, 0.29) is 0 Å². The van der Waals surface area contributed by atoms with Gasteiger partial charge in [0.05, 0.1) is 0 Å². The molecule has 0 aliphatic carbocycles. The monoisotopic (exact) mass is 345 g/mol. The number of hydrogen-bond donors (Lipinski definition) is 1. The van der Waals surface area contributed by atoms with E-state index in [0.29, 0.717) is 6.04 Å². The average Bonchev–Trinajstić information content (AvgIpc) is 2.45. The first-order valence-electron chi connectivity index (χ1n) is 7.57. The molecule has 0 amide bonds. The predicted molar refractivity (Wildman–Crippen MR) is 94.9 cm³/mol. The Balaban J connectivity index is 2.33. The molecule has 0 bridgehead atoms. The Labute approximate surface area is 136 Å². The zero-order valence-electron chi connectivity index (χ0n) is 13.3. The highest BCUT2D eigenvalue weighted by Crippen LogP contribution is 2.26. The summed E-state index contributed by atoms with van der Waals surface area (Å²) in [5, 5.41) is 3.63.